The molecule has 1 aromatic heterocycles. The third-order valence-electron chi connectivity index (χ3n) is 3.33. The summed E-state index contributed by atoms with van der Waals surface area (Å²) in [4.78, 5) is 8.00. The number of anilines is 2. The number of fused-ring (bicyclic) bond motifs is 1. The summed E-state index contributed by atoms with van der Waals surface area (Å²) in [6.45, 7) is 2.20. The van der Waals surface area contributed by atoms with Crippen LogP contribution >= 0.6 is 12.4 Å². The van der Waals surface area contributed by atoms with Gasteiger partial charge in [0.2, 0.25) is 5.95 Å². The minimum Gasteiger partial charge on any atom is -0.483 e. The molecular weight excluding hydrogens is 300 g/mol. The summed E-state index contributed by atoms with van der Waals surface area (Å²) in [5, 5.41) is 2.34. The normalized spacial score (nSPS) is 10.2. The minimum atomic E-state index is 0. The predicted molar refractivity (Wildman–Crippen MR) is 91.1 cm³/mol. The Balaban J connectivity index is 0.00000176. The third kappa shape index (κ3) is 3.04. The highest BCUT2D eigenvalue weighted by molar-refractivity contribution is 5.85. The highest BCUT2D eigenvalue weighted by Gasteiger charge is 2.10. The molecule has 22 heavy (non-hydrogen) atoms. The number of ether oxygens (including phenoxy) is 1. The lowest BCUT2D eigenvalue weighted by atomic mass is 10.1. The number of nitrogens with two attached hydrogens (primary N) is 2. The Hall–Kier alpha value is -2.53. The van der Waals surface area contributed by atoms with Crippen LogP contribution in [0.1, 0.15) is 11.3 Å². The van der Waals surface area contributed by atoms with Gasteiger partial charge in [-0.3, -0.25) is 0 Å². The van der Waals surface area contributed by atoms with Crippen LogP contribution in [-0.4, -0.2) is 9.97 Å². The first-order valence-corrected chi connectivity index (χ1v) is 6.64. The van der Waals surface area contributed by atoms with Crippen LogP contribution in [0.15, 0.2) is 42.5 Å². The van der Waals surface area contributed by atoms with E-state index in [1.54, 1.807) is 6.92 Å². The standard InChI is InChI=1S/C16H16N4O.ClH/c1-10-14(15(17)20-16(18)19-10)21-9-12-7-4-6-11-5-2-3-8-13(11)12;/h2-8H,9H2,1H3,(H4,17,18,19,20);1H. The van der Waals surface area contributed by atoms with Crippen LogP contribution in [0.4, 0.5) is 11.8 Å². The summed E-state index contributed by atoms with van der Waals surface area (Å²) in [7, 11) is 0. The lowest BCUT2D eigenvalue weighted by Gasteiger charge is -2.12. The summed E-state index contributed by atoms with van der Waals surface area (Å²) in [5.74, 6) is 0.903. The van der Waals surface area contributed by atoms with Gasteiger partial charge in [0.1, 0.15) is 6.61 Å². The van der Waals surface area contributed by atoms with Crippen LogP contribution in [0.25, 0.3) is 10.8 Å². The lowest BCUT2D eigenvalue weighted by Crippen LogP contribution is -2.07. The number of rotatable bonds is 3. The molecule has 1 heterocycles. The summed E-state index contributed by atoms with van der Waals surface area (Å²) in [6.07, 6.45) is 0. The Morgan fingerprint density at radius 2 is 1.73 bits per heavy atom. The minimum absolute atomic E-state index is 0. The van der Waals surface area contributed by atoms with Gasteiger partial charge in [-0.1, -0.05) is 42.5 Å². The number of halogens is 1. The van der Waals surface area contributed by atoms with Crippen molar-refractivity contribution in [2.45, 2.75) is 13.5 Å². The first-order chi connectivity index (χ1) is 10.1. The Morgan fingerprint density at radius 1 is 1.00 bits per heavy atom. The zero-order valence-corrected chi connectivity index (χ0v) is 12.9. The molecule has 0 bridgehead atoms. The number of nitrogens with zero attached hydrogens (tertiary/aromatic N) is 2. The van der Waals surface area contributed by atoms with Crippen LogP contribution in [0.3, 0.4) is 0 Å². The van der Waals surface area contributed by atoms with Crippen molar-refractivity contribution in [3.05, 3.63) is 53.7 Å². The van der Waals surface area contributed by atoms with E-state index in [1.807, 2.05) is 24.3 Å². The molecule has 0 aliphatic heterocycles. The molecule has 2 aromatic carbocycles. The molecule has 3 aromatic rings. The average molecular weight is 317 g/mol. The quantitative estimate of drug-likeness (QED) is 0.775. The van der Waals surface area contributed by atoms with Crippen LogP contribution < -0.4 is 16.2 Å². The molecule has 0 saturated carbocycles. The van der Waals surface area contributed by atoms with Crippen LogP contribution in [0, 0.1) is 6.92 Å². The molecule has 3 rings (SSSR count). The van der Waals surface area contributed by atoms with Gasteiger partial charge < -0.3 is 16.2 Å². The molecule has 0 aliphatic rings. The molecule has 4 N–H and O–H groups in total. The summed E-state index contributed by atoms with van der Waals surface area (Å²) in [5.41, 5.74) is 13.1. The van der Waals surface area contributed by atoms with E-state index in [0.29, 0.717) is 18.1 Å². The second kappa shape index (κ2) is 6.49. The number of aryl methyl sites for hydroxylation is 1. The first-order valence-electron chi connectivity index (χ1n) is 6.64. The average Bonchev–Trinajstić information content (AvgIpc) is 2.46. The molecular formula is C16H17ClN4O. The van der Waals surface area contributed by atoms with Gasteiger partial charge in [-0.25, -0.2) is 4.98 Å². The largest absolute Gasteiger partial charge is 0.483 e. The van der Waals surface area contributed by atoms with E-state index in [1.165, 1.54) is 5.39 Å². The summed E-state index contributed by atoms with van der Waals surface area (Å²) < 4.78 is 5.81. The van der Waals surface area contributed by atoms with Gasteiger partial charge >= 0.3 is 0 Å². The van der Waals surface area contributed by atoms with Gasteiger partial charge in [-0.2, -0.15) is 4.98 Å². The molecule has 0 unspecified atom stereocenters. The zero-order valence-electron chi connectivity index (χ0n) is 12.1. The maximum absolute atomic E-state index is 5.84. The fraction of sp³-hybridized carbons (Fsp3) is 0.125. The molecule has 0 spiro atoms. The van der Waals surface area contributed by atoms with Crippen LogP contribution in [0.2, 0.25) is 0 Å². The van der Waals surface area contributed by atoms with Gasteiger partial charge in [0, 0.05) is 0 Å². The molecule has 0 fully saturated rings. The second-order valence-corrected chi connectivity index (χ2v) is 4.81. The summed E-state index contributed by atoms with van der Waals surface area (Å²) >= 11 is 0. The van der Waals surface area contributed by atoms with E-state index in [0.717, 1.165) is 10.9 Å². The van der Waals surface area contributed by atoms with Gasteiger partial charge in [-0.15, -0.1) is 12.4 Å². The van der Waals surface area contributed by atoms with Crippen molar-refractivity contribution in [3.8, 4) is 5.75 Å². The monoisotopic (exact) mass is 316 g/mol. The highest BCUT2D eigenvalue weighted by atomic mass is 35.5. The maximum atomic E-state index is 5.84. The van der Waals surface area contributed by atoms with Crippen LogP contribution in [-0.2, 0) is 6.61 Å². The first kappa shape index (κ1) is 15.9. The summed E-state index contributed by atoms with van der Waals surface area (Å²) in [6, 6.07) is 14.3. The number of aromatic nitrogens is 2. The van der Waals surface area contributed by atoms with E-state index in [2.05, 4.69) is 28.2 Å². The number of hydrogen-bond donors (Lipinski definition) is 2. The van der Waals surface area contributed by atoms with Crippen molar-refractivity contribution >= 4 is 34.9 Å². The lowest BCUT2D eigenvalue weighted by molar-refractivity contribution is 0.305. The number of nitrogen functional groups attached to an aromatic ring is 2. The van der Waals surface area contributed by atoms with Crippen molar-refractivity contribution in [1.82, 2.24) is 9.97 Å². The Morgan fingerprint density at radius 3 is 2.50 bits per heavy atom. The SMILES string of the molecule is Cc1nc(N)nc(N)c1OCc1cccc2ccccc12.Cl. The zero-order chi connectivity index (χ0) is 14.8. The van der Waals surface area contributed by atoms with E-state index >= 15 is 0 Å². The van der Waals surface area contributed by atoms with Crippen LogP contribution in [0.5, 0.6) is 5.75 Å². The van der Waals surface area contributed by atoms with E-state index in [9.17, 15) is 0 Å². The molecule has 0 aliphatic carbocycles. The van der Waals surface area contributed by atoms with Crippen molar-refractivity contribution in [3.63, 3.8) is 0 Å². The van der Waals surface area contributed by atoms with Gasteiger partial charge in [0.15, 0.2) is 11.6 Å². The van der Waals surface area contributed by atoms with Gasteiger partial charge in [-0.05, 0) is 23.3 Å². The molecule has 0 saturated heterocycles. The van der Waals surface area contributed by atoms with E-state index in [4.69, 9.17) is 16.2 Å². The van der Waals surface area contributed by atoms with Gasteiger partial charge in [0.05, 0.1) is 5.69 Å². The van der Waals surface area contributed by atoms with Crippen molar-refractivity contribution in [2.75, 3.05) is 11.5 Å². The maximum Gasteiger partial charge on any atom is 0.222 e. The Labute approximate surface area is 134 Å². The fourth-order valence-corrected chi connectivity index (χ4v) is 2.35. The predicted octanol–water partition coefficient (Wildman–Crippen LogP) is 3.10. The molecule has 0 radical (unpaired) electrons. The van der Waals surface area contributed by atoms with Gasteiger partial charge in [0.25, 0.3) is 0 Å². The highest BCUT2D eigenvalue weighted by Crippen LogP contribution is 2.26. The van der Waals surface area contributed by atoms with Crippen molar-refractivity contribution < 1.29 is 4.74 Å². The smallest absolute Gasteiger partial charge is 0.222 e. The Bertz CT molecular complexity index is 779. The fourth-order valence-electron chi connectivity index (χ4n) is 2.35. The molecule has 6 heteroatoms. The van der Waals surface area contributed by atoms with E-state index < -0.39 is 0 Å². The Kier molecular flexibility index (Phi) is 4.68. The number of benzene rings is 2. The third-order valence-corrected chi connectivity index (χ3v) is 3.33. The molecule has 0 atom stereocenters. The van der Waals surface area contributed by atoms with Crippen molar-refractivity contribution in [2.24, 2.45) is 0 Å². The molecule has 5 nitrogen and oxygen atoms in total. The second-order valence-electron chi connectivity index (χ2n) is 4.81. The van der Waals surface area contributed by atoms with Crippen molar-refractivity contribution in [1.29, 1.82) is 0 Å². The van der Waals surface area contributed by atoms with E-state index in [-0.39, 0.29) is 24.2 Å². The molecule has 114 valence electrons. The topological polar surface area (TPSA) is 87.0 Å². The molecule has 0 amide bonds. The number of hydrogen-bond acceptors (Lipinski definition) is 5.